The van der Waals surface area contributed by atoms with Gasteiger partial charge in [0.05, 0.1) is 34.1 Å². The number of nitrogens with zero attached hydrogens (tertiary/aromatic N) is 2. The number of amides is 1. The Morgan fingerprint density at radius 2 is 1.82 bits per heavy atom. The number of aliphatic carboxylic acids is 1. The van der Waals surface area contributed by atoms with E-state index in [0.717, 1.165) is 26.4 Å². The highest BCUT2D eigenvalue weighted by Crippen LogP contribution is 2.54. The van der Waals surface area contributed by atoms with E-state index < -0.39 is 11.4 Å². The second-order valence-corrected chi connectivity index (χ2v) is 12.1. The molecule has 0 spiro atoms. The lowest BCUT2D eigenvalue weighted by Crippen LogP contribution is -2.53. The van der Waals surface area contributed by atoms with Gasteiger partial charge in [-0.15, -0.1) is 11.3 Å². The van der Waals surface area contributed by atoms with Crippen molar-refractivity contribution in [3.05, 3.63) is 99.0 Å². The zero-order chi connectivity index (χ0) is 27.0. The van der Waals surface area contributed by atoms with E-state index in [0.29, 0.717) is 22.9 Å². The summed E-state index contributed by atoms with van der Waals surface area (Å²) < 4.78 is 1.05. The Hall–Kier alpha value is -2.93. The molecule has 1 saturated heterocycles. The molecule has 0 radical (unpaired) electrons. The molecule has 0 aliphatic carbocycles. The van der Waals surface area contributed by atoms with Crippen molar-refractivity contribution >= 4 is 56.6 Å². The number of fused-ring (bicyclic) bond motifs is 1. The standard InChI is InChI=1S/C30H28Cl2N2O3S/c1-3-24(28-33-23-9-4-5-10-25(23)38-28)34-27(18-11-13-20(31)14-12-18)22(19-7-6-8-21(32)15-19)16-30(2,29(34)37)17-26(35)36/h4-15,22,24,27H,3,16-17H2,1-2H3,(H,35,36)/t22-,24?,27-,30-/m1/s1. The molecule has 1 aliphatic heterocycles. The van der Waals surface area contributed by atoms with E-state index in [-0.39, 0.29) is 30.3 Å². The third-order valence-electron chi connectivity index (χ3n) is 7.45. The highest BCUT2D eigenvalue weighted by atomic mass is 35.5. The maximum absolute atomic E-state index is 14.5. The van der Waals surface area contributed by atoms with Crippen LogP contribution in [0, 0.1) is 5.41 Å². The summed E-state index contributed by atoms with van der Waals surface area (Å²) in [5.74, 6) is -1.37. The van der Waals surface area contributed by atoms with Crippen LogP contribution in [0.3, 0.4) is 0 Å². The van der Waals surface area contributed by atoms with E-state index in [1.807, 2.05) is 84.6 Å². The normalized spacial score (nSPS) is 22.5. The van der Waals surface area contributed by atoms with Gasteiger partial charge in [-0.1, -0.05) is 73.4 Å². The molecule has 8 heteroatoms. The summed E-state index contributed by atoms with van der Waals surface area (Å²) in [6.07, 6.45) is 0.739. The van der Waals surface area contributed by atoms with E-state index >= 15 is 0 Å². The molecule has 1 amide bonds. The number of hydrogen-bond donors (Lipinski definition) is 1. The summed E-state index contributed by atoms with van der Waals surface area (Å²) in [5.41, 5.74) is 1.68. The Balaban J connectivity index is 1.73. The van der Waals surface area contributed by atoms with Crippen molar-refractivity contribution in [2.45, 2.75) is 51.1 Å². The van der Waals surface area contributed by atoms with E-state index in [4.69, 9.17) is 28.2 Å². The smallest absolute Gasteiger partial charge is 0.304 e. The van der Waals surface area contributed by atoms with Crippen molar-refractivity contribution in [2.75, 3.05) is 0 Å². The van der Waals surface area contributed by atoms with Gasteiger partial charge in [0.15, 0.2) is 0 Å². The minimum atomic E-state index is -1.11. The summed E-state index contributed by atoms with van der Waals surface area (Å²) in [6, 6.07) is 22.4. The number of thiazole rings is 1. The third-order valence-corrected chi connectivity index (χ3v) is 9.07. The molecular weight excluding hydrogens is 539 g/mol. The monoisotopic (exact) mass is 566 g/mol. The molecule has 196 valence electrons. The number of carboxylic acid groups (broad SMARTS) is 1. The quantitative estimate of drug-likeness (QED) is 0.244. The predicted octanol–water partition coefficient (Wildman–Crippen LogP) is 8.29. The van der Waals surface area contributed by atoms with Gasteiger partial charge in [-0.2, -0.15) is 0 Å². The predicted molar refractivity (Wildman–Crippen MR) is 153 cm³/mol. The molecule has 2 heterocycles. The zero-order valence-electron chi connectivity index (χ0n) is 21.1. The lowest BCUT2D eigenvalue weighted by atomic mass is 9.67. The van der Waals surface area contributed by atoms with Gasteiger partial charge < -0.3 is 10.0 Å². The first-order chi connectivity index (χ1) is 18.2. The van der Waals surface area contributed by atoms with Crippen LogP contribution in [0.2, 0.25) is 10.0 Å². The summed E-state index contributed by atoms with van der Waals surface area (Å²) in [6.45, 7) is 3.82. The van der Waals surface area contributed by atoms with Crippen molar-refractivity contribution in [2.24, 2.45) is 5.41 Å². The molecule has 0 bridgehead atoms. The first-order valence-corrected chi connectivity index (χ1v) is 14.2. The first kappa shape index (κ1) is 26.7. The fourth-order valence-corrected chi connectivity index (χ4v) is 7.22. The van der Waals surface area contributed by atoms with Crippen LogP contribution in [0.25, 0.3) is 10.2 Å². The zero-order valence-corrected chi connectivity index (χ0v) is 23.4. The van der Waals surface area contributed by atoms with Crippen molar-refractivity contribution in [1.82, 2.24) is 9.88 Å². The van der Waals surface area contributed by atoms with Crippen LogP contribution in [0.1, 0.15) is 67.2 Å². The Morgan fingerprint density at radius 1 is 1.08 bits per heavy atom. The van der Waals surface area contributed by atoms with Crippen LogP contribution in [0.15, 0.2) is 72.8 Å². The molecule has 1 fully saturated rings. The van der Waals surface area contributed by atoms with Gasteiger partial charge in [0, 0.05) is 16.0 Å². The Labute approximate surface area is 236 Å². The molecule has 1 unspecified atom stereocenters. The molecule has 0 saturated carbocycles. The number of aromatic nitrogens is 1. The van der Waals surface area contributed by atoms with Gasteiger partial charge in [-0.25, -0.2) is 4.98 Å². The number of carboxylic acids is 1. The molecule has 1 aromatic heterocycles. The van der Waals surface area contributed by atoms with Gasteiger partial charge in [0.25, 0.3) is 0 Å². The molecule has 4 aromatic rings. The van der Waals surface area contributed by atoms with E-state index in [2.05, 4.69) is 0 Å². The topological polar surface area (TPSA) is 70.5 Å². The van der Waals surface area contributed by atoms with Crippen LogP contribution in [-0.4, -0.2) is 26.9 Å². The van der Waals surface area contributed by atoms with E-state index in [1.165, 1.54) is 0 Å². The summed E-state index contributed by atoms with van der Waals surface area (Å²) in [4.78, 5) is 33.3. The van der Waals surface area contributed by atoms with Gasteiger partial charge in [-0.3, -0.25) is 9.59 Å². The fourth-order valence-electron chi connectivity index (χ4n) is 5.75. The molecule has 3 aromatic carbocycles. The van der Waals surface area contributed by atoms with Crippen molar-refractivity contribution in [3.63, 3.8) is 0 Å². The average molecular weight is 568 g/mol. The van der Waals surface area contributed by atoms with Crippen LogP contribution >= 0.6 is 34.5 Å². The van der Waals surface area contributed by atoms with Crippen molar-refractivity contribution in [1.29, 1.82) is 0 Å². The lowest BCUT2D eigenvalue weighted by molar-refractivity contribution is -0.160. The summed E-state index contributed by atoms with van der Waals surface area (Å²) >= 11 is 14.3. The van der Waals surface area contributed by atoms with Crippen LogP contribution in [0.5, 0.6) is 0 Å². The third kappa shape index (κ3) is 5.05. The Morgan fingerprint density at radius 3 is 2.47 bits per heavy atom. The minimum absolute atomic E-state index is 0.177. The largest absolute Gasteiger partial charge is 0.481 e. The highest BCUT2D eigenvalue weighted by molar-refractivity contribution is 7.18. The molecule has 38 heavy (non-hydrogen) atoms. The Kier molecular flexibility index (Phi) is 7.49. The number of benzene rings is 3. The van der Waals surface area contributed by atoms with Crippen LogP contribution < -0.4 is 0 Å². The van der Waals surface area contributed by atoms with Gasteiger partial charge in [0.1, 0.15) is 5.01 Å². The number of rotatable bonds is 7. The number of carbonyl (C=O) groups is 2. The Bertz CT molecular complexity index is 1460. The number of halogens is 2. The lowest BCUT2D eigenvalue weighted by Gasteiger charge is -2.51. The minimum Gasteiger partial charge on any atom is -0.481 e. The number of hydrogen-bond acceptors (Lipinski definition) is 4. The number of carbonyl (C=O) groups excluding carboxylic acids is 1. The van der Waals surface area contributed by atoms with Crippen LogP contribution in [-0.2, 0) is 9.59 Å². The van der Waals surface area contributed by atoms with Crippen LogP contribution in [0.4, 0.5) is 0 Å². The highest BCUT2D eigenvalue weighted by Gasteiger charge is 2.52. The second kappa shape index (κ2) is 10.7. The van der Waals surface area contributed by atoms with Gasteiger partial charge >= 0.3 is 5.97 Å². The molecule has 5 nitrogen and oxygen atoms in total. The maximum atomic E-state index is 14.5. The van der Waals surface area contributed by atoms with E-state index in [9.17, 15) is 14.7 Å². The molecule has 4 atom stereocenters. The first-order valence-electron chi connectivity index (χ1n) is 12.6. The van der Waals surface area contributed by atoms with Crippen molar-refractivity contribution in [3.8, 4) is 0 Å². The molecule has 1 aliphatic rings. The average Bonchev–Trinajstić information content (AvgIpc) is 3.31. The molecule has 5 rings (SSSR count). The number of likely N-dealkylation sites (tertiary alicyclic amines) is 1. The second-order valence-electron chi connectivity index (χ2n) is 10.1. The SMILES string of the molecule is CCC(c1nc2ccccc2s1)N1C(=O)[C@@](C)(CC(=O)O)C[C@H](c2cccc(Cl)c2)[C@H]1c1ccc(Cl)cc1. The summed E-state index contributed by atoms with van der Waals surface area (Å²) in [5, 5.41) is 11.9. The molecular formula is C30H28Cl2N2O3S. The van der Waals surface area contributed by atoms with E-state index in [1.54, 1.807) is 18.3 Å². The molecule has 1 N–H and O–H groups in total. The summed E-state index contributed by atoms with van der Waals surface area (Å²) in [7, 11) is 0. The number of para-hydroxylation sites is 1. The maximum Gasteiger partial charge on any atom is 0.304 e. The van der Waals surface area contributed by atoms with Gasteiger partial charge in [0.2, 0.25) is 5.91 Å². The van der Waals surface area contributed by atoms with Crippen molar-refractivity contribution < 1.29 is 14.7 Å². The van der Waals surface area contributed by atoms with Gasteiger partial charge in [-0.05, 0) is 60.4 Å². The fraction of sp³-hybridized carbons (Fsp3) is 0.300. The number of piperidine rings is 1.